The van der Waals surface area contributed by atoms with Crippen LogP contribution in [0, 0.1) is 0 Å². The first-order valence-electron chi connectivity index (χ1n) is 4.71. The zero-order valence-electron chi connectivity index (χ0n) is 8.56. The minimum absolute atomic E-state index is 0.00299. The molecule has 3 N–H and O–H groups in total. The molecule has 0 aliphatic rings. The number of alkyl halides is 3. The van der Waals surface area contributed by atoms with Crippen LogP contribution in [-0.4, -0.2) is 11.3 Å². The molecule has 17 heavy (non-hydrogen) atoms. The van der Waals surface area contributed by atoms with Gasteiger partial charge >= 0.3 is 6.18 Å². The highest BCUT2D eigenvalue weighted by atomic mass is 79.9. The smallest absolute Gasteiger partial charge is 0.389 e. The number of hydrogen-bond acceptors (Lipinski definition) is 2. The van der Waals surface area contributed by atoms with Gasteiger partial charge in [-0.05, 0) is 56.0 Å². The molecule has 0 saturated carbocycles. The average molecular weight is 377 g/mol. The Kier molecular flexibility index (Phi) is 4.86. The minimum atomic E-state index is -4.21. The first-order valence-corrected chi connectivity index (χ1v) is 6.29. The van der Waals surface area contributed by atoms with Crippen molar-refractivity contribution in [1.82, 2.24) is 0 Å². The molecule has 0 bridgehead atoms. The molecule has 96 valence electrons. The fourth-order valence-corrected chi connectivity index (χ4v) is 2.51. The molecule has 0 aliphatic heterocycles. The van der Waals surface area contributed by atoms with E-state index in [4.69, 9.17) is 5.73 Å². The maximum atomic E-state index is 12.0. The molecule has 0 fully saturated rings. The van der Waals surface area contributed by atoms with Gasteiger partial charge in [-0.25, -0.2) is 0 Å². The molecular formula is C10H10Br2F3NO. The molecule has 1 rings (SSSR count). The Morgan fingerprint density at radius 2 is 1.71 bits per heavy atom. The molecule has 0 aromatic heterocycles. The Morgan fingerprint density at radius 3 is 2.12 bits per heavy atom. The van der Waals surface area contributed by atoms with Crippen LogP contribution >= 0.6 is 31.9 Å². The number of phenols is 1. The summed E-state index contributed by atoms with van der Waals surface area (Å²) in [5.41, 5.74) is 6.20. The molecule has 0 unspecified atom stereocenters. The van der Waals surface area contributed by atoms with E-state index in [1.165, 1.54) is 12.1 Å². The van der Waals surface area contributed by atoms with Crippen LogP contribution in [-0.2, 0) is 0 Å². The van der Waals surface area contributed by atoms with Gasteiger partial charge in [-0.3, -0.25) is 0 Å². The predicted octanol–water partition coefficient (Wildman–Crippen LogP) is 4.26. The number of benzene rings is 1. The predicted molar refractivity (Wildman–Crippen MR) is 65.7 cm³/mol. The van der Waals surface area contributed by atoms with Crippen molar-refractivity contribution in [3.05, 3.63) is 26.6 Å². The van der Waals surface area contributed by atoms with Crippen LogP contribution in [0.3, 0.4) is 0 Å². The molecule has 1 atom stereocenters. The normalized spacial score (nSPS) is 13.8. The number of halogens is 5. The summed E-state index contributed by atoms with van der Waals surface area (Å²) in [5, 5.41) is 9.46. The highest BCUT2D eigenvalue weighted by Gasteiger charge is 2.28. The van der Waals surface area contributed by atoms with Crippen molar-refractivity contribution in [3.8, 4) is 5.75 Å². The van der Waals surface area contributed by atoms with Crippen molar-refractivity contribution in [2.45, 2.75) is 25.1 Å². The third kappa shape index (κ3) is 4.48. The zero-order valence-corrected chi connectivity index (χ0v) is 11.7. The lowest BCUT2D eigenvalue weighted by Crippen LogP contribution is -2.15. The van der Waals surface area contributed by atoms with Crippen molar-refractivity contribution in [1.29, 1.82) is 0 Å². The molecule has 2 nitrogen and oxygen atoms in total. The first kappa shape index (κ1) is 14.8. The summed E-state index contributed by atoms with van der Waals surface area (Å²) in [4.78, 5) is 0. The lowest BCUT2D eigenvalue weighted by Gasteiger charge is -2.15. The van der Waals surface area contributed by atoms with Gasteiger partial charge in [0.25, 0.3) is 0 Å². The van der Waals surface area contributed by atoms with Gasteiger partial charge in [-0.15, -0.1) is 0 Å². The van der Waals surface area contributed by atoms with Gasteiger partial charge in [0.15, 0.2) is 0 Å². The second kappa shape index (κ2) is 5.58. The third-order valence-corrected chi connectivity index (χ3v) is 3.42. The fraction of sp³-hybridized carbons (Fsp3) is 0.400. The molecule has 0 spiro atoms. The molecule has 0 saturated heterocycles. The van der Waals surface area contributed by atoms with Crippen LogP contribution in [0.2, 0.25) is 0 Å². The number of rotatable bonds is 3. The van der Waals surface area contributed by atoms with Crippen molar-refractivity contribution >= 4 is 31.9 Å². The lowest BCUT2D eigenvalue weighted by molar-refractivity contribution is -0.136. The van der Waals surface area contributed by atoms with Gasteiger partial charge in [-0.1, -0.05) is 0 Å². The van der Waals surface area contributed by atoms with E-state index in [0.29, 0.717) is 14.5 Å². The van der Waals surface area contributed by atoms with E-state index in [0.717, 1.165) is 0 Å². The summed E-state index contributed by atoms with van der Waals surface area (Å²) in [6.45, 7) is 0. The van der Waals surface area contributed by atoms with Crippen LogP contribution in [0.25, 0.3) is 0 Å². The van der Waals surface area contributed by atoms with E-state index in [1.54, 1.807) is 0 Å². The molecule has 0 aliphatic carbocycles. The Balaban J connectivity index is 2.79. The molecule has 0 heterocycles. The van der Waals surface area contributed by atoms with Crippen LogP contribution in [0.5, 0.6) is 5.75 Å². The number of nitrogens with two attached hydrogens (primary N) is 1. The van der Waals surface area contributed by atoms with Gasteiger partial charge in [-0.2, -0.15) is 13.2 Å². The average Bonchev–Trinajstić information content (AvgIpc) is 2.20. The van der Waals surface area contributed by atoms with Crippen molar-refractivity contribution in [2.75, 3.05) is 0 Å². The van der Waals surface area contributed by atoms with E-state index in [1.807, 2.05) is 0 Å². The van der Waals surface area contributed by atoms with Crippen molar-refractivity contribution in [3.63, 3.8) is 0 Å². The van der Waals surface area contributed by atoms with E-state index >= 15 is 0 Å². The van der Waals surface area contributed by atoms with Gasteiger partial charge in [0.2, 0.25) is 0 Å². The van der Waals surface area contributed by atoms with Gasteiger partial charge in [0.1, 0.15) is 5.75 Å². The van der Waals surface area contributed by atoms with Crippen molar-refractivity contribution in [2.24, 2.45) is 5.73 Å². The Bertz CT molecular complexity index is 386. The van der Waals surface area contributed by atoms with Crippen LogP contribution in [0.4, 0.5) is 13.2 Å². The van der Waals surface area contributed by atoms with Crippen LogP contribution < -0.4 is 5.73 Å². The summed E-state index contributed by atoms with van der Waals surface area (Å²) in [6, 6.07) is 2.31. The van der Waals surface area contributed by atoms with Crippen LogP contribution in [0.1, 0.15) is 24.4 Å². The largest absolute Gasteiger partial charge is 0.506 e. The Hall–Kier alpha value is -0.270. The van der Waals surface area contributed by atoms with Crippen LogP contribution in [0.15, 0.2) is 21.1 Å². The number of aromatic hydroxyl groups is 1. The monoisotopic (exact) mass is 375 g/mol. The van der Waals surface area contributed by atoms with Gasteiger partial charge in [0.05, 0.1) is 8.95 Å². The van der Waals surface area contributed by atoms with E-state index in [9.17, 15) is 18.3 Å². The summed E-state index contributed by atoms with van der Waals surface area (Å²) in [6.07, 6.45) is -5.32. The second-order valence-electron chi connectivity index (χ2n) is 3.59. The second-order valence-corrected chi connectivity index (χ2v) is 5.30. The maximum Gasteiger partial charge on any atom is 0.389 e. The maximum absolute atomic E-state index is 12.0. The summed E-state index contributed by atoms with van der Waals surface area (Å²) < 4.78 is 36.9. The van der Waals surface area contributed by atoms with Gasteiger partial charge in [0, 0.05) is 12.5 Å². The third-order valence-electron chi connectivity index (χ3n) is 2.21. The molecule has 0 radical (unpaired) electrons. The van der Waals surface area contributed by atoms with E-state index in [-0.39, 0.29) is 12.2 Å². The topological polar surface area (TPSA) is 46.2 Å². The summed E-state index contributed by atoms with van der Waals surface area (Å²) in [7, 11) is 0. The molecule has 1 aromatic carbocycles. The van der Waals surface area contributed by atoms with E-state index < -0.39 is 18.6 Å². The fourth-order valence-electron chi connectivity index (χ4n) is 1.29. The summed E-state index contributed by atoms with van der Waals surface area (Å²) in [5.74, 6) is -0.00299. The SMILES string of the molecule is N[C@@H](CCC(F)(F)F)c1cc(Br)c(O)c(Br)c1. The lowest BCUT2D eigenvalue weighted by atomic mass is 10.0. The molecule has 7 heteroatoms. The zero-order chi connectivity index (χ0) is 13.2. The van der Waals surface area contributed by atoms with Crippen molar-refractivity contribution < 1.29 is 18.3 Å². The highest BCUT2D eigenvalue weighted by molar-refractivity contribution is 9.11. The minimum Gasteiger partial charge on any atom is -0.506 e. The molecule has 1 aromatic rings. The first-order chi connectivity index (χ1) is 7.70. The summed E-state index contributed by atoms with van der Waals surface area (Å²) >= 11 is 6.20. The quantitative estimate of drug-likeness (QED) is 0.827. The Morgan fingerprint density at radius 1 is 1.24 bits per heavy atom. The Labute approximate surface area is 113 Å². The van der Waals surface area contributed by atoms with E-state index in [2.05, 4.69) is 31.9 Å². The van der Waals surface area contributed by atoms with Gasteiger partial charge < -0.3 is 10.8 Å². The molecular weight excluding hydrogens is 367 g/mol. The number of hydrogen-bond donors (Lipinski definition) is 2. The highest BCUT2D eigenvalue weighted by Crippen LogP contribution is 2.36. The standard InChI is InChI=1S/C10H10Br2F3NO/c11-6-3-5(4-7(12)9(6)17)8(16)1-2-10(13,14)15/h3-4,8,17H,1-2,16H2/t8-/m0/s1. The molecule has 0 amide bonds. The number of phenolic OH excluding ortho intramolecular Hbond substituents is 1.